The molecule has 0 atom stereocenters. The lowest BCUT2D eigenvalue weighted by molar-refractivity contribution is -0.119. The molecule has 0 bridgehead atoms. The molecule has 2 aromatic carbocycles. The Balaban J connectivity index is 1.86. The molecule has 0 fully saturated rings. The van der Waals surface area contributed by atoms with Gasteiger partial charge in [0.05, 0.1) is 0 Å². The Hall–Kier alpha value is -2.61. The van der Waals surface area contributed by atoms with Crippen molar-refractivity contribution in [2.24, 2.45) is 0 Å². The van der Waals surface area contributed by atoms with Crippen molar-refractivity contribution < 1.29 is 28.2 Å². The van der Waals surface area contributed by atoms with E-state index in [1.54, 1.807) is 13.0 Å². The second-order valence-corrected chi connectivity index (χ2v) is 6.11. The van der Waals surface area contributed by atoms with Gasteiger partial charge in [-0.15, -0.1) is 0 Å². The van der Waals surface area contributed by atoms with Gasteiger partial charge in [0.15, 0.2) is 6.61 Å². The van der Waals surface area contributed by atoms with Crippen molar-refractivity contribution in [1.29, 1.82) is 0 Å². The van der Waals surface area contributed by atoms with Gasteiger partial charge in [-0.2, -0.15) is 8.78 Å². The Labute approximate surface area is 147 Å². The zero-order chi connectivity index (χ0) is 18.4. The third kappa shape index (κ3) is 5.75. The number of alkyl halides is 2. The standard InChI is InChI=1S/C17H15F2NO4S/c1-10-2-7-13(14(21)8-10)16(23)24-9-15(22)20-11-3-5-12(6-4-11)25-17(18)19/h2-8,17,21H,9H2,1H3,(H,20,22). The Bertz CT molecular complexity index is 766. The van der Waals surface area contributed by atoms with Crippen LogP contribution >= 0.6 is 11.8 Å². The van der Waals surface area contributed by atoms with Crippen LogP contribution in [0.15, 0.2) is 47.4 Å². The van der Waals surface area contributed by atoms with Crippen molar-refractivity contribution >= 4 is 29.3 Å². The van der Waals surface area contributed by atoms with Crippen molar-refractivity contribution in [3.63, 3.8) is 0 Å². The summed E-state index contributed by atoms with van der Waals surface area (Å²) in [6.07, 6.45) is 0. The average molecular weight is 367 g/mol. The molecular formula is C17H15F2NO4S. The van der Waals surface area contributed by atoms with E-state index in [4.69, 9.17) is 4.74 Å². The number of carbonyl (C=O) groups is 2. The Morgan fingerprint density at radius 2 is 1.88 bits per heavy atom. The summed E-state index contributed by atoms with van der Waals surface area (Å²) in [7, 11) is 0. The SMILES string of the molecule is Cc1ccc(C(=O)OCC(=O)Nc2ccc(SC(F)F)cc2)c(O)c1. The lowest BCUT2D eigenvalue weighted by Gasteiger charge is -2.08. The number of esters is 1. The number of halogens is 2. The third-order valence-electron chi connectivity index (χ3n) is 3.07. The monoisotopic (exact) mass is 367 g/mol. The van der Waals surface area contributed by atoms with E-state index < -0.39 is 24.2 Å². The van der Waals surface area contributed by atoms with Crippen molar-refractivity contribution in [2.45, 2.75) is 17.6 Å². The molecule has 0 aliphatic carbocycles. The first-order valence-electron chi connectivity index (χ1n) is 7.16. The minimum Gasteiger partial charge on any atom is -0.507 e. The molecule has 2 N–H and O–H groups in total. The number of thioether (sulfide) groups is 1. The predicted molar refractivity (Wildman–Crippen MR) is 90.1 cm³/mol. The topological polar surface area (TPSA) is 75.6 Å². The quantitative estimate of drug-likeness (QED) is 0.600. The number of aromatic hydroxyl groups is 1. The molecule has 0 aliphatic heterocycles. The van der Waals surface area contributed by atoms with Gasteiger partial charge in [-0.1, -0.05) is 17.8 Å². The van der Waals surface area contributed by atoms with E-state index in [9.17, 15) is 23.5 Å². The minimum absolute atomic E-state index is 0.0354. The molecular weight excluding hydrogens is 352 g/mol. The summed E-state index contributed by atoms with van der Waals surface area (Å²) >= 11 is 0.401. The van der Waals surface area contributed by atoms with Gasteiger partial charge in [0.1, 0.15) is 11.3 Å². The number of benzene rings is 2. The number of carbonyl (C=O) groups excluding carboxylic acids is 2. The zero-order valence-electron chi connectivity index (χ0n) is 13.2. The lowest BCUT2D eigenvalue weighted by Crippen LogP contribution is -2.21. The molecule has 0 radical (unpaired) electrons. The number of nitrogens with one attached hydrogen (secondary N) is 1. The molecule has 0 spiro atoms. The van der Waals surface area contributed by atoms with E-state index >= 15 is 0 Å². The van der Waals surface area contributed by atoms with Gasteiger partial charge in [0.2, 0.25) is 0 Å². The molecule has 0 saturated carbocycles. The van der Waals surface area contributed by atoms with E-state index in [2.05, 4.69) is 5.32 Å². The van der Waals surface area contributed by atoms with E-state index in [0.717, 1.165) is 5.56 Å². The number of phenols is 1. The highest BCUT2D eigenvalue weighted by atomic mass is 32.2. The first-order chi connectivity index (χ1) is 11.8. The molecule has 5 nitrogen and oxygen atoms in total. The summed E-state index contributed by atoms with van der Waals surface area (Å²) in [5, 5.41) is 12.2. The largest absolute Gasteiger partial charge is 0.507 e. The van der Waals surface area contributed by atoms with Gasteiger partial charge in [0, 0.05) is 10.6 Å². The molecule has 0 saturated heterocycles. The summed E-state index contributed by atoms with van der Waals surface area (Å²) in [5.74, 6) is -4.15. The molecule has 1 amide bonds. The first-order valence-corrected chi connectivity index (χ1v) is 8.04. The molecule has 0 heterocycles. The van der Waals surface area contributed by atoms with Gasteiger partial charge >= 0.3 is 5.97 Å². The number of hydrogen-bond donors (Lipinski definition) is 2. The van der Waals surface area contributed by atoms with Crippen LogP contribution in [-0.2, 0) is 9.53 Å². The van der Waals surface area contributed by atoms with E-state index in [1.165, 1.54) is 36.4 Å². The number of aryl methyl sites for hydroxylation is 1. The Morgan fingerprint density at radius 1 is 1.20 bits per heavy atom. The van der Waals surface area contributed by atoms with Crippen LogP contribution < -0.4 is 5.32 Å². The van der Waals surface area contributed by atoms with Crippen LogP contribution in [0.1, 0.15) is 15.9 Å². The predicted octanol–water partition coefficient (Wildman–Crippen LogP) is 3.81. The summed E-state index contributed by atoms with van der Waals surface area (Å²) in [5.41, 5.74) is 1.13. The number of rotatable bonds is 6. The fraction of sp³-hybridized carbons (Fsp3) is 0.176. The molecule has 2 rings (SSSR count). The molecule has 8 heteroatoms. The normalized spacial score (nSPS) is 10.6. The van der Waals surface area contributed by atoms with Gasteiger partial charge in [-0.05, 0) is 48.9 Å². The summed E-state index contributed by atoms with van der Waals surface area (Å²) in [6.45, 7) is 1.22. The summed E-state index contributed by atoms with van der Waals surface area (Å²) < 4.78 is 29.3. The second kappa shape index (κ2) is 8.48. The zero-order valence-corrected chi connectivity index (χ0v) is 14.0. The molecule has 132 valence electrons. The van der Waals surface area contributed by atoms with Gasteiger partial charge in [0.25, 0.3) is 11.7 Å². The average Bonchev–Trinajstić information content (AvgIpc) is 2.54. The minimum atomic E-state index is -2.52. The summed E-state index contributed by atoms with van der Waals surface area (Å²) in [6, 6.07) is 10.3. The maximum absolute atomic E-state index is 12.2. The molecule has 0 unspecified atom stereocenters. The molecule has 0 aromatic heterocycles. The number of amides is 1. The van der Waals surface area contributed by atoms with E-state index in [0.29, 0.717) is 22.3 Å². The Morgan fingerprint density at radius 3 is 2.48 bits per heavy atom. The highest BCUT2D eigenvalue weighted by Gasteiger charge is 2.14. The van der Waals surface area contributed by atoms with Crippen LogP contribution in [0.5, 0.6) is 5.75 Å². The van der Waals surface area contributed by atoms with E-state index in [-0.39, 0.29) is 11.3 Å². The first kappa shape index (κ1) is 18.7. The Kier molecular flexibility index (Phi) is 6.35. The van der Waals surface area contributed by atoms with Crippen molar-refractivity contribution in [3.05, 3.63) is 53.6 Å². The van der Waals surface area contributed by atoms with Gasteiger partial charge in [-0.25, -0.2) is 4.79 Å². The number of anilines is 1. The van der Waals surface area contributed by atoms with Crippen LogP contribution in [-0.4, -0.2) is 29.3 Å². The maximum Gasteiger partial charge on any atom is 0.342 e. The van der Waals surface area contributed by atoms with Gasteiger partial charge < -0.3 is 15.2 Å². The van der Waals surface area contributed by atoms with Crippen LogP contribution in [0, 0.1) is 6.92 Å². The van der Waals surface area contributed by atoms with Crippen molar-refractivity contribution in [2.75, 3.05) is 11.9 Å². The number of ether oxygens (including phenoxy) is 1. The summed E-state index contributed by atoms with van der Waals surface area (Å²) in [4.78, 5) is 24.0. The van der Waals surface area contributed by atoms with E-state index in [1.807, 2.05) is 0 Å². The molecule has 25 heavy (non-hydrogen) atoms. The molecule has 2 aromatic rings. The van der Waals surface area contributed by atoms with Crippen molar-refractivity contribution in [1.82, 2.24) is 0 Å². The van der Waals surface area contributed by atoms with Crippen LogP contribution in [0.25, 0.3) is 0 Å². The smallest absolute Gasteiger partial charge is 0.342 e. The fourth-order valence-electron chi connectivity index (χ4n) is 1.94. The van der Waals surface area contributed by atoms with Crippen LogP contribution in [0.3, 0.4) is 0 Å². The van der Waals surface area contributed by atoms with Crippen LogP contribution in [0.2, 0.25) is 0 Å². The van der Waals surface area contributed by atoms with Crippen molar-refractivity contribution in [3.8, 4) is 5.75 Å². The second-order valence-electron chi connectivity index (χ2n) is 5.05. The highest BCUT2D eigenvalue weighted by molar-refractivity contribution is 7.99. The molecule has 0 aliphatic rings. The van der Waals surface area contributed by atoms with Crippen LogP contribution in [0.4, 0.5) is 14.5 Å². The lowest BCUT2D eigenvalue weighted by atomic mass is 10.1. The highest BCUT2D eigenvalue weighted by Crippen LogP contribution is 2.26. The van der Waals surface area contributed by atoms with Gasteiger partial charge in [-0.3, -0.25) is 4.79 Å². The third-order valence-corrected chi connectivity index (χ3v) is 3.79. The maximum atomic E-state index is 12.2. The number of hydrogen-bond acceptors (Lipinski definition) is 5. The fourth-order valence-corrected chi connectivity index (χ4v) is 2.44. The number of phenolic OH excluding ortho intramolecular Hbond substituents is 1.